The van der Waals surface area contributed by atoms with Crippen LogP contribution in [0.4, 0.5) is 0 Å². The number of fused-ring (bicyclic) bond motifs is 1. The summed E-state index contributed by atoms with van der Waals surface area (Å²) in [6.45, 7) is 8.20. The highest BCUT2D eigenvalue weighted by atomic mass is 16.5. The summed E-state index contributed by atoms with van der Waals surface area (Å²) in [6.07, 6.45) is 0.870. The second-order valence-electron chi connectivity index (χ2n) is 6.32. The maximum Gasteiger partial charge on any atom is 0.176 e. The number of para-hydroxylation sites is 1. The summed E-state index contributed by atoms with van der Waals surface area (Å²) in [5, 5.41) is 8.65. The maximum atomic E-state index is 6.02. The molecule has 0 aliphatic heterocycles. The van der Waals surface area contributed by atoms with Crippen molar-refractivity contribution < 1.29 is 13.7 Å². The lowest BCUT2D eigenvalue weighted by molar-refractivity contribution is 0.384. The van der Waals surface area contributed by atoms with Gasteiger partial charge in [0.15, 0.2) is 11.3 Å². The Bertz CT molecular complexity index is 815. The number of aromatic nitrogens is 1. The molecule has 0 aliphatic rings. The van der Waals surface area contributed by atoms with Gasteiger partial charge in [-0.3, -0.25) is 0 Å². The molecule has 0 saturated carbocycles. The summed E-state index contributed by atoms with van der Waals surface area (Å²) in [4.78, 5) is 0. The summed E-state index contributed by atoms with van der Waals surface area (Å²) in [5.74, 6) is 2.55. The van der Waals surface area contributed by atoms with E-state index in [1.165, 1.54) is 5.56 Å². The van der Waals surface area contributed by atoms with E-state index in [1.54, 1.807) is 7.11 Å². The molecule has 2 aromatic heterocycles. The Labute approximate surface area is 142 Å². The molecule has 2 atom stereocenters. The zero-order valence-corrected chi connectivity index (χ0v) is 14.8. The molecule has 0 radical (unpaired) electrons. The molecule has 0 bridgehead atoms. The van der Waals surface area contributed by atoms with Gasteiger partial charge >= 0.3 is 0 Å². The summed E-state index contributed by atoms with van der Waals surface area (Å²) >= 11 is 0. The normalized spacial score (nSPS) is 14.0. The minimum atomic E-state index is 0.0950. The van der Waals surface area contributed by atoms with Crippen LogP contribution in [0.3, 0.4) is 0 Å². The van der Waals surface area contributed by atoms with Crippen LogP contribution in [-0.2, 0) is 6.42 Å². The first-order valence-electron chi connectivity index (χ1n) is 8.23. The monoisotopic (exact) mass is 328 g/mol. The van der Waals surface area contributed by atoms with E-state index in [4.69, 9.17) is 13.7 Å². The van der Waals surface area contributed by atoms with E-state index in [0.29, 0.717) is 0 Å². The van der Waals surface area contributed by atoms with Gasteiger partial charge in [0.05, 0.1) is 18.8 Å². The van der Waals surface area contributed by atoms with Crippen molar-refractivity contribution in [2.75, 3.05) is 7.11 Å². The molecule has 5 nitrogen and oxygen atoms in total. The summed E-state index contributed by atoms with van der Waals surface area (Å²) in [6, 6.07) is 8.35. The van der Waals surface area contributed by atoms with Crippen molar-refractivity contribution in [3.63, 3.8) is 0 Å². The first-order chi connectivity index (χ1) is 11.5. The number of benzene rings is 1. The number of nitrogens with one attached hydrogen (secondary N) is 1. The van der Waals surface area contributed by atoms with Crippen molar-refractivity contribution in [2.24, 2.45) is 0 Å². The number of methoxy groups -OCH3 is 1. The van der Waals surface area contributed by atoms with Crippen LogP contribution in [0.25, 0.3) is 11.0 Å². The molecule has 3 aromatic rings. The molecule has 0 unspecified atom stereocenters. The zero-order chi connectivity index (χ0) is 17.3. The number of ether oxygens (including phenoxy) is 1. The van der Waals surface area contributed by atoms with Gasteiger partial charge < -0.3 is 19.0 Å². The van der Waals surface area contributed by atoms with Crippen LogP contribution in [0, 0.1) is 13.8 Å². The highest BCUT2D eigenvalue weighted by Crippen LogP contribution is 2.31. The van der Waals surface area contributed by atoms with Crippen LogP contribution >= 0.6 is 0 Å². The van der Waals surface area contributed by atoms with E-state index in [1.807, 2.05) is 32.0 Å². The molecule has 1 N–H and O–H groups in total. The third-order valence-electron chi connectivity index (χ3n) is 4.40. The van der Waals surface area contributed by atoms with Crippen LogP contribution in [-0.4, -0.2) is 18.3 Å². The van der Waals surface area contributed by atoms with Gasteiger partial charge in [-0.15, -0.1) is 0 Å². The number of nitrogens with zero attached hydrogens (tertiary/aromatic N) is 1. The number of hydrogen-bond acceptors (Lipinski definition) is 5. The highest BCUT2D eigenvalue weighted by Gasteiger charge is 2.18. The predicted molar refractivity (Wildman–Crippen MR) is 93.5 cm³/mol. The first kappa shape index (κ1) is 16.6. The molecule has 0 spiro atoms. The van der Waals surface area contributed by atoms with Gasteiger partial charge in [0.25, 0.3) is 0 Å². The summed E-state index contributed by atoms with van der Waals surface area (Å²) in [7, 11) is 1.66. The fourth-order valence-corrected chi connectivity index (χ4v) is 3.10. The molecular formula is C19H24N2O3. The number of aryl methyl sites for hydroxylation is 2. The average Bonchev–Trinajstić information content (AvgIpc) is 3.13. The van der Waals surface area contributed by atoms with E-state index in [0.717, 1.165) is 40.4 Å². The highest BCUT2D eigenvalue weighted by molar-refractivity contribution is 5.83. The molecule has 0 amide bonds. The summed E-state index contributed by atoms with van der Waals surface area (Å²) in [5.41, 5.74) is 2.93. The minimum absolute atomic E-state index is 0.0950. The molecule has 1 aromatic carbocycles. The third kappa shape index (κ3) is 3.17. The van der Waals surface area contributed by atoms with Crippen LogP contribution in [0.5, 0.6) is 5.75 Å². The molecule has 0 fully saturated rings. The van der Waals surface area contributed by atoms with Gasteiger partial charge in [-0.1, -0.05) is 17.3 Å². The third-order valence-corrected chi connectivity index (χ3v) is 4.40. The standard InChI is InChI=1S/C19H24N2O3/c1-11(9-16-12(2)21-24-14(16)4)20-13(3)18-10-15-7-6-8-17(22-5)19(15)23-18/h6-8,10-11,13,20H,9H2,1-5H3/t11-,13-/m0/s1. The predicted octanol–water partition coefficient (Wildman–Crippen LogP) is 4.33. The summed E-state index contributed by atoms with van der Waals surface area (Å²) < 4.78 is 16.6. The largest absolute Gasteiger partial charge is 0.493 e. The minimum Gasteiger partial charge on any atom is -0.493 e. The second kappa shape index (κ2) is 6.69. The van der Waals surface area contributed by atoms with E-state index in [-0.39, 0.29) is 12.1 Å². The number of hydrogen-bond donors (Lipinski definition) is 1. The van der Waals surface area contributed by atoms with E-state index in [2.05, 4.69) is 30.4 Å². The quantitative estimate of drug-likeness (QED) is 0.730. The molecule has 128 valence electrons. The van der Waals surface area contributed by atoms with Crippen molar-refractivity contribution in [3.8, 4) is 5.75 Å². The molecular weight excluding hydrogens is 304 g/mol. The lowest BCUT2D eigenvalue weighted by Crippen LogP contribution is -2.30. The van der Waals surface area contributed by atoms with Crippen molar-refractivity contribution in [1.29, 1.82) is 0 Å². The van der Waals surface area contributed by atoms with Crippen molar-refractivity contribution in [3.05, 3.63) is 47.0 Å². The zero-order valence-electron chi connectivity index (χ0n) is 14.8. The SMILES string of the molecule is COc1cccc2cc([C@H](C)N[C@@H](C)Cc3c(C)noc3C)oc12. The van der Waals surface area contributed by atoms with Gasteiger partial charge in [-0.05, 0) is 46.2 Å². The number of furan rings is 1. The first-order valence-corrected chi connectivity index (χ1v) is 8.23. The fraction of sp³-hybridized carbons (Fsp3) is 0.421. The van der Waals surface area contributed by atoms with Gasteiger partial charge in [0.2, 0.25) is 0 Å². The fourth-order valence-electron chi connectivity index (χ4n) is 3.10. The smallest absolute Gasteiger partial charge is 0.176 e. The van der Waals surface area contributed by atoms with Gasteiger partial charge in [-0.25, -0.2) is 0 Å². The Morgan fingerprint density at radius 2 is 2.04 bits per heavy atom. The Kier molecular flexibility index (Phi) is 4.62. The van der Waals surface area contributed by atoms with Crippen molar-refractivity contribution in [2.45, 2.75) is 46.2 Å². The van der Waals surface area contributed by atoms with Gasteiger partial charge in [0.1, 0.15) is 11.5 Å². The molecule has 0 saturated heterocycles. The Morgan fingerprint density at radius 1 is 1.25 bits per heavy atom. The van der Waals surface area contributed by atoms with Gasteiger partial charge in [0, 0.05) is 17.0 Å². The molecule has 2 heterocycles. The molecule has 5 heteroatoms. The lowest BCUT2D eigenvalue weighted by Gasteiger charge is -2.18. The molecule has 24 heavy (non-hydrogen) atoms. The van der Waals surface area contributed by atoms with Crippen LogP contribution in [0.1, 0.15) is 42.7 Å². The maximum absolute atomic E-state index is 6.02. The number of rotatable bonds is 6. The van der Waals surface area contributed by atoms with Crippen LogP contribution in [0.2, 0.25) is 0 Å². The Morgan fingerprint density at radius 3 is 2.71 bits per heavy atom. The lowest BCUT2D eigenvalue weighted by atomic mass is 10.0. The van der Waals surface area contributed by atoms with Crippen LogP contribution < -0.4 is 10.1 Å². The average molecular weight is 328 g/mol. The molecule has 3 rings (SSSR count). The van der Waals surface area contributed by atoms with E-state index in [9.17, 15) is 0 Å². The van der Waals surface area contributed by atoms with Gasteiger partial charge in [-0.2, -0.15) is 0 Å². The van der Waals surface area contributed by atoms with Crippen LogP contribution in [0.15, 0.2) is 33.2 Å². The van der Waals surface area contributed by atoms with E-state index >= 15 is 0 Å². The Balaban J connectivity index is 1.73. The van der Waals surface area contributed by atoms with Crippen molar-refractivity contribution >= 4 is 11.0 Å². The van der Waals surface area contributed by atoms with E-state index < -0.39 is 0 Å². The molecule has 0 aliphatic carbocycles. The Hall–Kier alpha value is -2.27. The van der Waals surface area contributed by atoms with Crippen molar-refractivity contribution in [1.82, 2.24) is 10.5 Å². The topological polar surface area (TPSA) is 60.4 Å². The second-order valence-corrected chi connectivity index (χ2v) is 6.32.